The summed E-state index contributed by atoms with van der Waals surface area (Å²) in [6, 6.07) is 8.67. The number of amides is 1. The van der Waals surface area contributed by atoms with Crippen LogP contribution in [0.4, 0.5) is 15.8 Å². The van der Waals surface area contributed by atoms with Crippen molar-refractivity contribution < 1.29 is 14.1 Å². The minimum Gasteiger partial charge on any atom is -0.321 e. The summed E-state index contributed by atoms with van der Waals surface area (Å²) in [6.45, 7) is 0. The van der Waals surface area contributed by atoms with Gasteiger partial charge in [-0.05, 0) is 30.3 Å². The van der Waals surface area contributed by atoms with Crippen molar-refractivity contribution in [2.45, 2.75) is 0 Å². The van der Waals surface area contributed by atoms with Crippen LogP contribution in [0.3, 0.4) is 0 Å². The van der Waals surface area contributed by atoms with Gasteiger partial charge in [0.15, 0.2) is 0 Å². The van der Waals surface area contributed by atoms with E-state index in [1.807, 2.05) is 0 Å². The third kappa shape index (κ3) is 3.10. The zero-order valence-electron chi connectivity index (χ0n) is 9.97. The summed E-state index contributed by atoms with van der Waals surface area (Å²) in [4.78, 5) is 21.8. The second kappa shape index (κ2) is 5.66. The molecular weight excluding hydrogens is 287 g/mol. The molecule has 20 heavy (non-hydrogen) atoms. The Morgan fingerprint density at radius 1 is 1.20 bits per heavy atom. The Hall–Kier alpha value is -2.47. The van der Waals surface area contributed by atoms with Crippen LogP contribution in [0.25, 0.3) is 0 Å². The summed E-state index contributed by atoms with van der Waals surface area (Å²) in [6.07, 6.45) is 0. The number of nitro benzene ring substituents is 1. The Labute approximate surface area is 118 Å². The number of hydrogen-bond acceptors (Lipinski definition) is 3. The maximum absolute atomic E-state index is 12.7. The van der Waals surface area contributed by atoms with E-state index in [-0.39, 0.29) is 22.0 Å². The molecule has 2 aromatic carbocycles. The Morgan fingerprint density at radius 3 is 2.40 bits per heavy atom. The highest BCUT2D eigenvalue weighted by Crippen LogP contribution is 2.27. The number of rotatable bonds is 3. The number of halogens is 2. The Morgan fingerprint density at radius 2 is 1.85 bits per heavy atom. The molecule has 2 aromatic rings. The van der Waals surface area contributed by atoms with Gasteiger partial charge in [0.25, 0.3) is 11.6 Å². The van der Waals surface area contributed by atoms with E-state index in [2.05, 4.69) is 5.32 Å². The molecule has 2 rings (SSSR count). The molecule has 0 aliphatic heterocycles. The molecule has 7 heteroatoms. The second-order valence-electron chi connectivity index (χ2n) is 3.88. The van der Waals surface area contributed by atoms with Crippen molar-refractivity contribution in [1.82, 2.24) is 0 Å². The molecule has 0 aromatic heterocycles. The Balaban J connectivity index is 2.19. The van der Waals surface area contributed by atoms with E-state index in [0.717, 1.165) is 18.2 Å². The highest BCUT2D eigenvalue weighted by Gasteiger charge is 2.12. The van der Waals surface area contributed by atoms with Crippen molar-refractivity contribution in [3.8, 4) is 0 Å². The zero-order valence-corrected chi connectivity index (χ0v) is 10.7. The molecule has 0 radical (unpaired) electrons. The molecule has 0 fully saturated rings. The van der Waals surface area contributed by atoms with E-state index in [0.29, 0.717) is 0 Å². The standard InChI is InChI=1S/C13H8ClFN2O3/c14-11-7-10(17(19)20)5-6-12(11)16-13(18)8-1-3-9(15)4-2-8/h1-7H,(H,16,18). The number of nitrogens with one attached hydrogen (secondary N) is 1. The van der Waals surface area contributed by atoms with Crippen molar-refractivity contribution in [3.63, 3.8) is 0 Å². The maximum Gasteiger partial charge on any atom is 0.271 e. The fourth-order valence-corrected chi connectivity index (χ4v) is 1.74. The number of anilines is 1. The molecule has 0 aliphatic rings. The molecule has 0 spiro atoms. The van der Waals surface area contributed by atoms with E-state index >= 15 is 0 Å². The van der Waals surface area contributed by atoms with Gasteiger partial charge in [0, 0.05) is 17.7 Å². The molecule has 5 nitrogen and oxygen atoms in total. The molecule has 0 aliphatic carbocycles. The van der Waals surface area contributed by atoms with Crippen molar-refractivity contribution in [2.75, 3.05) is 5.32 Å². The van der Waals surface area contributed by atoms with Gasteiger partial charge in [0.2, 0.25) is 0 Å². The summed E-state index contributed by atoms with van der Waals surface area (Å²) >= 11 is 5.85. The molecule has 0 heterocycles. The number of nitro groups is 1. The fourth-order valence-electron chi connectivity index (χ4n) is 1.51. The van der Waals surface area contributed by atoms with Gasteiger partial charge in [-0.3, -0.25) is 14.9 Å². The molecule has 0 atom stereocenters. The average molecular weight is 295 g/mol. The molecule has 102 valence electrons. The first kappa shape index (κ1) is 14.0. The lowest BCUT2D eigenvalue weighted by Gasteiger charge is -2.07. The van der Waals surface area contributed by atoms with Crippen molar-refractivity contribution in [1.29, 1.82) is 0 Å². The molecule has 0 saturated carbocycles. The SMILES string of the molecule is O=C(Nc1ccc([N+](=O)[O-])cc1Cl)c1ccc(F)cc1. The van der Waals surface area contributed by atoms with Crippen LogP contribution in [0.1, 0.15) is 10.4 Å². The van der Waals surface area contributed by atoms with Crippen LogP contribution in [0.15, 0.2) is 42.5 Å². The van der Waals surface area contributed by atoms with Gasteiger partial charge >= 0.3 is 0 Å². The summed E-state index contributed by atoms with van der Waals surface area (Å²) in [7, 11) is 0. The van der Waals surface area contributed by atoms with Crippen LogP contribution < -0.4 is 5.32 Å². The molecular formula is C13H8ClFN2O3. The highest BCUT2D eigenvalue weighted by atomic mass is 35.5. The summed E-state index contributed by atoms with van der Waals surface area (Å²) < 4.78 is 12.7. The summed E-state index contributed by atoms with van der Waals surface area (Å²) in [5.41, 5.74) is 0.321. The van der Waals surface area contributed by atoms with Crippen LogP contribution in [0.2, 0.25) is 5.02 Å². The maximum atomic E-state index is 12.7. The minimum absolute atomic E-state index is 0.0506. The first-order valence-corrected chi connectivity index (χ1v) is 5.86. The quantitative estimate of drug-likeness (QED) is 0.694. The predicted molar refractivity (Wildman–Crippen MR) is 72.5 cm³/mol. The monoisotopic (exact) mass is 294 g/mol. The average Bonchev–Trinajstić information content (AvgIpc) is 2.41. The van der Waals surface area contributed by atoms with E-state index in [4.69, 9.17) is 11.6 Å². The topological polar surface area (TPSA) is 72.2 Å². The van der Waals surface area contributed by atoms with Gasteiger partial charge in [-0.25, -0.2) is 4.39 Å². The lowest BCUT2D eigenvalue weighted by Crippen LogP contribution is -2.12. The Kier molecular flexibility index (Phi) is 3.95. The molecule has 1 N–H and O–H groups in total. The number of benzene rings is 2. The number of carbonyl (C=O) groups is 1. The molecule has 0 bridgehead atoms. The van der Waals surface area contributed by atoms with Crippen molar-refractivity contribution in [2.24, 2.45) is 0 Å². The van der Waals surface area contributed by atoms with Crippen LogP contribution in [0, 0.1) is 15.9 Å². The smallest absolute Gasteiger partial charge is 0.271 e. The van der Waals surface area contributed by atoms with Gasteiger partial charge in [-0.15, -0.1) is 0 Å². The Bertz CT molecular complexity index is 674. The summed E-state index contributed by atoms with van der Waals surface area (Å²) in [5, 5.41) is 13.1. The van der Waals surface area contributed by atoms with Gasteiger partial charge in [-0.1, -0.05) is 11.6 Å². The lowest BCUT2D eigenvalue weighted by atomic mass is 10.2. The third-order valence-electron chi connectivity index (χ3n) is 2.52. The third-order valence-corrected chi connectivity index (χ3v) is 2.83. The first-order chi connectivity index (χ1) is 9.47. The fraction of sp³-hybridized carbons (Fsp3) is 0. The number of carbonyl (C=O) groups excluding carboxylic acids is 1. The van der Waals surface area contributed by atoms with E-state index in [9.17, 15) is 19.3 Å². The first-order valence-electron chi connectivity index (χ1n) is 5.48. The largest absolute Gasteiger partial charge is 0.321 e. The zero-order chi connectivity index (χ0) is 14.7. The highest BCUT2D eigenvalue weighted by molar-refractivity contribution is 6.34. The molecule has 1 amide bonds. The molecule has 0 saturated heterocycles. The normalized spacial score (nSPS) is 10.1. The van der Waals surface area contributed by atoms with Gasteiger partial charge in [0.05, 0.1) is 15.6 Å². The van der Waals surface area contributed by atoms with Crippen LogP contribution in [0.5, 0.6) is 0 Å². The molecule has 0 unspecified atom stereocenters. The predicted octanol–water partition coefficient (Wildman–Crippen LogP) is 3.64. The number of nitrogens with zero attached hydrogens (tertiary/aromatic N) is 1. The number of non-ortho nitro benzene ring substituents is 1. The van der Waals surface area contributed by atoms with Crippen LogP contribution in [-0.4, -0.2) is 10.8 Å². The van der Waals surface area contributed by atoms with Gasteiger partial charge in [-0.2, -0.15) is 0 Å². The van der Waals surface area contributed by atoms with Crippen molar-refractivity contribution >= 4 is 28.9 Å². The lowest BCUT2D eigenvalue weighted by molar-refractivity contribution is -0.384. The number of hydrogen-bond donors (Lipinski definition) is 1. The van der Waals surface area contributed by atoms with Crippen LogP contribution in [-0.2, 0) is 0 Å². The van der Waals surface area contributed by atoms with E-state index < -0.39 is 16.6 Å². The summed E-state index contributed by atoms with van der Waals surface area (Å²) in [5.74, 6) is -0.935. The second-order valence-corrected chi connectivity index (χ2v) is 4.29. The van der Waals surface area contributed by atoms with Gasteiger partial charge < -0.3 is 5.32 Å². The van der Waals surface area contributed by atoms with Gasteiger partial charge in [0.1, 0.15) is 5.82 Å². The van der Waals surface area contributed by atoms with E-state index in [1.54, 1.807) is 0 Å². The minimum atomic E-state index is -0.586. The van der Waals surface area contributed by atoms with Crippen molar-refractivity contribution in [3.05, 3.63) is 69.0 Å². The van der Waals surface area contributed by atoms with Crippen LogP contribution >= 0.6 is 11.6 Å². The van der Waals surface area contributed by atoms with E-state index in [1.165, 1.54) is 24.3 Å².